The van der Waals surface area contributed by atoms with Gasteiger partial charge in [0, 0.05) is 80.6 Å². The lowest BCUT2D eigenvalue weighted by Crippen LogP contribution is -2.63. The molecular formula is C108H144N12O17. The smallest absolute Gasteiger partial charge is 0.410 e. The number of nitrogens with one attached hydrogen (secondary N) is 5. The molecule has 1 unspecified atom stereocenters. The summed E-state index contributed by atoms with van der Waals surface area (Å²) >= 11 is 0. The van der Waals surface area contributed by atoms with Crippen LogP contribution in [0.2, 0.25) is 0 Å². The predicted molar refractivity (Wildman–Crippen MR) is 526 cm³/mol. The highest BCUT2D eigenvalue weighted by Gasteiger charge is 2.48. The van der Waals surface area contributed by atoms with Crippen molar-refractivity contribution in [2.75, 3.05) is 61.9 Å². The SMILES string of the molecule is CC(C)C[C@@H](C(=O)N(C)[C@H](C(=O)C[C@@H](Cc1ccccc1)C(=O)N[C@@H](CC(=O)OCc1ccccc1)C(=O)N(C)C(Cc1ccccc1)C(=O)N[C@@H](C)C(=O)N1CCCCC1)C(C)C)N(C)C(=O)CNC(=O)[C@H](Cc1ccccc1)N(C)C(=O)[C@@H](NC(=O)[C@H](CC(C)C)N(C)C(=O)[C@@H](NC(=O)[C@H](C)N(C)C(=O)OC(C)(C)C)C(C)C)[C@@H](C)OC(c1ccccc1)(c1ccccc1)c1ccccc1. The molecule has 0 saturated carbocycles. The van der Waals surface area contributed by atoms with E-state index in [-0.39, 0.29) is 56.5 Å². The van der Waals surface area contributed by atoms with E-state index in [1.165, 1.54) is 68.8 Å². The second-order valence-corrected chi connectivity index (χ2v) is 38.6. The van der Waals surface area contributed by atoms with E-state index >= 15 is 43.2 Å². The molecule has 5 N–H and O–H groups in total. The number of benzene rings is 7. The molecule has 1 aliphatic rings. The van der Waals surface area contributed by atoms with E-state index < -0.39 is 192 Å². The van der Waals surface area contributed by atoms with E-state index in [1.54, 1.807) is 189 Å². The number of esters is 1. The number of likely N-dealkylation sites (tertiary alicyclic amines) is 1. The van der Waals surface area contributed by atoms with Crippen LogP contribution in [0.3, 0.4) is 0 Å². The number of carbonyl (C=O) groups is 14. The van der Waals surface area contributed by atoms with E-state index in [9.17, 15) is 24.0 Å². The molecule has 0 bridgehead atoms. The van der Waals surface area contributed by atoms with Crippen LogP contribution in [0.5, 0.6) is 0 Å². The van der Waals surface area contributed by atoms with Gasteiger partial charge in [0.15, 0.2) is 5.78 Å². The van der Waals surface area contributed by atoms with Crippen LogP contribution in [0.15, 0.2) is 212 Å². The van der Waals surface area contributed by atoms with Crippen molar-refractivity contribution < 1.29 is 81.3 Å². The van der Waals surface area contributed by atoms with E-state index in [4.69, 9.17) is 14.2 Å². The summed E-state index contributed by atoms with van der Waals surface area (Å²) in [5, 5.41) is 14.4. The van der Waals surface area contributed by atoms with Gasteiger partial charge in [-0.05, 0) is 143 Å². The van der Waals surface area contributed by atoms with Crippen LogP contribution in [0, 0.1) is 29.6 Å². The third-order valence-corrected chi connectivity index (χ3v) is 25.1. The molecule has 7 aromatic rings. The number of rotatable bonds is 47. The monoisotopic (exact) mass is 1880 g/mol. The Kier molecular flexibility index (Phi) is 41.4. The van der Waals surface area contributed by atoms with Crippen LogP contribution >= 0.6 is 0 Å². The van der Waals surface area contributed by atoms with Gasteiger partial charge in [0.1, 0.15) is 72.2 Å². The maximum absolute atomic E-state index is 16.5. The Morgan fingerprint density at radius 1 is 0.394 bits per heavy atom. The van der Waals surface area contributed by atoms with E-state index in [0.29, 0.717) is 52.0 Å². The summed E-state index contributed by atoms with van der Waals surface area (Å²) in [5.41, 5.74) is 2.10. The average molecular weight is 1880 g/mol. The first-order valence-electron chi connectivity index (χ1n) is 47.7. The van der Waals surface area contributed by atoms with Crippen molar-refractivity contribution in [3.05, 3.63) is 251 Å². The van der Waals surface area contributed by atoms with Gasteiger partial charge in [0.05, 0.1) is 25.1 Å². The van der Waals surface area contributed by atoms with Gasteiger partial charge < -0.3 is 70.2 Å². The Morgan fingerprint density at radius 2 is 0.810 bits per heavy atom. The van der Waals surface area contributed by atoms with Gasteiger partial charge in [0.2, 0.25) is 65.0 Å². The minimum atomic E-state index is -1.69. The average Bonchev–Trinajstić information content (AvgIpc) is 0.747. The van der Waals surface area contributed by atoms with Crippen LogP contribution in [0.25, 0.3) is 0 Å². The van der Waals surface area contributed by atoms with Gasteiger partial charge in [-0.1, -0.05) is 268 Å². The molecular weight excluding hydrogens is 1740 g/mol. The summed E-state index contributed by atoms with van der Waals surface area (Å²) in [4.78, 5) is 219. The van der Waals surface area contributed by atoms with Crippen molar-refractivity contribution in [1.29, 1.82) is 0 Å². The normalized spacial score (nSPS) is 14.9. The summed E-state index contributed by atoms with van der Waals surface area (Å²) < 4.78 is 18.8. The quantitative estimate of drug-likeness (QED) is 0.0175. The van der Waals surface area contributed by atoms with Crippen molar-refractivity contribution in [2.24, 2.45) is 29.6 Å². The number of amides is 12. The molecule has 12 atom stereocenters. The fraction of sp³-hybridized carbons (Fsp3) is 0.481. The van der Waals surface area contributed by atoms with Gasteiger partial charge in [-0.25, -0.2) is 4.79 Å². The second kappa shape index (κ2) is 51.9. The highest BCUT2D eigenvalue weighted by molar-refractivity contribution is 6.00. The molecule has 0 aromatic heterocycles. The third-order valence-electron chi connectivity index (χ3n) is 25.1. The maximum atomic E-state index is 16.5. The Bertz CT molecular complexity index is 5040. The van der Waals surface area contributed by atoms with Crippen LogP contribution < -0.4 is 26.6 Å². The highest BCUT2D eigenvalue weighted by atomic mass is 16.6. The second-order valence-electron chi connectivity index (χ2n) is 38.6. The fourth-order valence-corrected chi connectivity index (χ4v) is 17.3. The maximum Gasteiger partial charge on any atom is 0.410 e. The Morgan fingerprint density at radius 3 is 1.27 bits per heavy atom. The van der Waals surface area contributed by atoms with Gasteiger partial charge in [0.25, 0.3) is 0 Å². The molecule has 0 spiro atoms. The molecule has 29 nitrogen and oxygen atoms in total. The van der Waals surface area contributed by atoms with Crippen molar-refractivity contribution in [2.45, 2.75) is 245 Å². The van der Waals surface area contributed by atoms with Crippen molar-refractivity contribution in [3.63, 3.8) is 0 Å². The fourth-order valence-electron chi connectivity index (χ4n) is 17.3. The minimum Gasteiger partial charge on any atom is -0.461 e. The number of Topliss-reactive ketones (excluding diaryl/α,β-unsaturated/α-hetero) is 1. The van der Waals surface area contributed by atoms with Crippen molar-refractivity contribution in [3.8, 4) is 0 Å². The highest BCUT2D eigenvalue weighted by Crippen LogP contribution is 2.42. The number of carbonyl (C=O) groups excluding carboxylic acids is 14. The molecule has 738 valence electrons. The Labute approximate surface area is 809 Å². The largest absolute Gasteiger partial charge is 0.461 e. The number of ether oxygens (including phenoxy) is 3. The van der Waals surface area contributed by atoms with Crippen LogP contribution in [0.4, 0.5) is 4.79 Å². The molecule has 29 heteroatoms. The molecule has 1 saturated heterocycles. The first kappa shape index (κ1) is 109. The standard InChI is InChI=1S/C108H144N12O17/c1-70(2)61-86(117(18)104(132)93(72(5)6)112-96(124)75(10)114(15)106(134)137-107(12,13)14)100(128)113-94(76(11)136-108(82-53-37-25-38-54-82,83-55-39-26-40-56-83)84-57-41-27-42-58-84)105(133)118(19)87(64-78-47-31-22-32-48-78)98(126)109-68-91(122)115(16)89(62-71(3)4)103(131)119(20)95(73(7)8)90(121)66-81(63-77-45-29-21-30-46-77)97(125)111-85(67-92(123)135-69-80-51-35-24-36-52-80)102(130)116(17)88(65-79-49-33-23-34-50-79)99(127)110-74(9)101(129)120-59-43-28-44-60-120/h21-27,29-42,45-58,70-76,81,85-89,93-95H,28,43-44,59-69H2,1-20H3,(H,109,126)(H,110,127)(H,111,125)(H,112,124)(H,113,128)/t74-,75-,76+,81+,85-,86-,87-,88?,89-,93-,94-,95-/m0/s1. The lowest BCUT2D eigenvalue weighted by Gasteiger charge is -2.41. The lowest BCUT2D eigenvalue weighted by molar-refractivity contribution is -0.151. The summed E-state index contributed by atoms with van der Waals surface area (Å²) in [5.74, 6) is -12.1. The van der Waals surface area contributed by atoms with Crippen LogP contribution in [-0.2, 0) is 108 Å². The van der Waals surface area contributed by atoms with Gasteiger partial charge in [-0.15, -0.1) is 0 Å². The van der Waals surface area contributed by atoms with Crippen molar-refractivity contribution in [1.82, 2.24) is 60.9 Å². The first-order valence-corrected chi connectivity index (χ1v) is 47.7. The van der Waals surface area contributed by atoms with E-state index in [1.807, 2.05) is 119 Å². The summed E-state index contributed by atoms with van der Waals surface area (Å²) in [6.45, 7) is 24.4. The molecule has 137 heavy (non-hydrogen) atoms. The summed E-state index contributed by atoms with van der Waals surface area (Å²) in [6.07, 6.45) is -0.838. The van der Waals surface area contributed by atoms with Crippen LogP contribution in [-0.4, -0.2) is 251 Å². The predicted octanol–water partition coefficient (Wildman–Crippen LogP) is 11.7. The zero-order valence-corrected chi connectivity index (χ0v) is 83.4. The molecule has 0 aliphatic carbocycles. The van der Waals surface area contributed by atoms with Gasteiger partial charge >= 0.3 is 12.1 Å². The summed E-state index contributed by atoms with van der Waals surface area (Å²) in [6, 6.07) is 50.3. The molecule has 12 amide bonds. The first-order chi connectivity index (χ1) is 64.9. The van der Waals surface area contributed by atoms with Gasteiger partial charge in [-0.2, -0.15) is 0 Å². The molecule has 8 rings (SSSR count). The molecule has 1 fully saturated rings. The van der Waals surface area contributed by atoms with E-state index in [0.717, 1.165) is 29.1 Å². The molecule has 7 aromatic carbocycles. The number of hydrogen-bond acceptors (Lipinski definition) is 17. The number of ketones is 1. The summed E-state index contributed by atoms with van der Waals surface area (Å²) in [7, 11) is 8.50. The number of nitrogens with zero attached hydrogens (tertiary/aromatic N) is 7. The van der Waals surface area contributed by atoms with Crippen LogP contribution in [0.1, 0.15) is 181 Å². The molecule has 1 aliphatic heterocycles. The lowest BCUT2D eigenvalue weighted by atomic mass is 9.79. The zero-order chi connectivity index (χ0) is 101. The van der Waals surface area contributed by atoms with Gasteiger partial charge in [-0.3, -0.25) is 67.2 Å². The Hall–Kier alpha value is -12.9. The number of likely N-dealkylation sites (N-methyl/N-ethyl adjacent to an activating group) is 6. The van der Waals surface area contributed by atoms with E-state index in [2.05, 4.69) is 26.6 Å². The third kappa shape index (κ3) is 31.0. The number of piperidine rings is 1. The Balaban J connectivity index is 1.09. The topological polar surface area (TPSA) is 350 Å². The molecule has 0 radical (unpaired) electrons. The minimum absolute atomic E-state index is 0.0318. The number of hydrogen-bond donors (Lipinski definition) is 5. The van der Waals surface area contributed by atoms with Crippen molar-refractivity contribution >= 4 is 82.8 Å². The molecule has 1 heterocycles. The zero-order valence-electron chi connectivity index (χ0n) is 83.4.